The fraction of sp³-hybridized carbons (Fsp3) is 0.235. The zero-order valence-electron chi connectivity index (χ0n) is 13.6. The van der Waals surface area contributed by atoms with Crippen LogP contribution in [0.5, 0.6) is 0 Å². The quantitative estimate of drug-likeness (QED) is 0.671. The third-order valence-electron chi connectivity index (χ3n) is 3.96. The van der Waals surface area contributed by atoms with Gasteiger partial charge in [-0.2, -0.15) is 13.2 Å². The van der Waals surface area contributed by atoms with E-state index in [1.54, 1.807) is 42.8 Å². The van der Waals surface area contributed by atoms with E-state index in [2.05, 4.69) is 4.98 Å². The van der Waals surface area contributed by atoms with Crippen molar-refractivity contribution in [1.29, 1.82) is 0 Å². The fourth-order valence-electron chi connectivity index (χ4n) is 2.80. The first-order chi connectivity index (χ1) is 11.7. The molecule has 0 spiro atoms. The summed E-state index contributed by atoms with van der Waals surface area (Å²) in [5, 5.41) is 0. The molecular weight excluding hydrogens is 348 g/mol. The first-order valence-corrected chi connectivity index (χ1v) is 8.86. The lowest BCUT2D eigenvalue weighted by molar-refractivity contribution is -0.137. The second-order valence-corrected chi connectivity index (χ2v) is 7.26. The third-order valence-corrected chi connectivity index (χ3v) is 5.33. The number of fused-ring (bicyclic) bond motifs is 1. The highest BCUT2D eigenvalue weighted by atomic mass is 32.2. The van der Waals surface area contributed by atoms with Gasteiger partial charge in [0.1, 0.15) is 13.7 Å². The number of nitrogens with zero attached hydrogens (tertiary/aromatic N) is 2. The number of imidazole rings is 1. The van der Waals surface area contributed by atoms with Crippen LogP contribution < -0.4 is 5.46 Å². The molecule has 3 nitrogen and oxygen atoms in total. The summed E-state index contributed by atoms with van der Waals surface area (Å²) >= 11 is 0. The van der Waals surface area contributed by atoms with Crippen LogP contribution in [0.1, 0.15) is 12.5 Å². The minimum Gasteiger partial charge on any atom is -0.328 e. The topological polar surface area (TPSA) is 34.9 Å². The Morgan fingerprint density at radius 3 is 2.56 bits per heavy atom. The van der Waals surface area contributed by atoms with E-state index in [9.17, 15) is 17.4 Å². The van der Waals surface area contributed by atoms with Gasteiger partial charge in [-0.1, -0.05) is 36.7 Å². The number of alkyl halides is 3. The summed E-state index contributed by atoms with van der Waals surface area (Å²) in [5.41, 5.74) is 0.351. The van der Waals surface area contributed by atoms with Gasteiger partial charge in [0.15, 0.2) is 0 Å². The van der Waals surface area contributed by atoms with E-state index < -0.39 is 22.5 Å². The molecular formula is C17H14BF3N2OS. The van der Waals surface area contributed by atoms with Crippen LogP contribution in [0.3, 0.4) is 0 Å². The smallest absolute Gasteiger partial charge is 0.328 e. The van der Waals surface area contributed by atoms with Gasteiger partial charge < -0.3 is 4.57 Å². The van der Waals surface area contributed by atoms with Crippen LogP contribution in [-0.4, -0.2) is 27.4 Å². The number of aryl methyl sites for hydroxylation is 1. The van der Waals surface area contributed by atoms with E-state index >= 15 is 0 Å². The van der Waals surface area contributed by atoms with Crippen molar-refractivity contribution in [3.63, 3.8) is 0 Å². The first-order valence-electron chi connectivity index (χ1n) is 7.55. The Bertz CT molecular complexity index is 982. The maximum absolute atomic E-state index is 13.0. The van der Waals surface area contributed by atoms with E-state index in [1.165, 1.54) is 0 Å². The molecule has 1 heterocycles. The van der Waals surface area contributed by atoms with E-state index in [0.717, 1.165) is 12.1 Å². The molecule has 0 fully saturated rings. The van der Waals surface area contributed by atoms with Crippen LogP contribution in [0, 0.1) is 0 Å². The molecule has 0 amide bonds. The minimum absolute atomic E-state index is 0.000157. The number of hydrogen-bond donors (Lipinski definition) is 0. The molecule has 8 heteroatoms. The molecule has 0 aliphatic rings. The number of aromatic nitrogens is 2. The van der Waals surface area contributed by atoms with Gasteiger partial charge in [-0.05, 0) is 12.1 Å². The lowest BCUT2D eigenvalue weighted by Gasteiger charge is -2.10. The van der Waals surface area contributed by atoms with Gasteiger partial charge in [0.05, 0.1) is 27.4 Å². The maximum Gasteiger partial charge on any atom is 0.416 e. The van der Waals surface area contributed by atoms with Gasteiger partial charge in [0, 0.05) is 23.3 Å². The Morgan fingerprint density at radius 2 is 1.92 bits per heavy atom. The van der Waals surface area contributed by atoms with E-state index in [1.807, 2.05) is 0 Å². The maximum atomic E-state index is 13.0. The number of rotatable bonds is 3. The van der Waals surface area contributed by atoms with E-state index in [4.69, 9.17) is 7.85 Å². The van der Waals surface area contributed by atoms with E-state index in [0.29, 0.717) is 27.6 Å². The van der Waals surface area contributed by atoms with Crippen LogP contribution in [0.25, 0.3) is 22.4 Å². The van der Waals surface area contributed by atoms with Crippen molar-refractivity contribution in [2.45, 2.75) is 18.0 Å². The summed E-state index contributed by atoms with van der Waals surface area (Å²) in [6.07, 6.45) is -4.50. The Labute approximate surface area is 146 Å². The average Bonchev–Trinajstić information content (AvgIpc) is 2.90. The zero-order chi connectivity index (χ0) is 18.4. The molecule has 25 heavy (non-hydrogen) atoms. The van der Waals surface area contributed by atoms with Crippen molar-refractivity contribution in [1.82, 2.24) is 9.55 Å². The van der Waals surface area contributed by atoms with Crippen LogP contribution in [0.2, 0.25) is 0 Å². The Balaban J connectivity index is 2.28. The Morgan fingerprint density at radius 1 is 1.24 bits per heavy atom. The Hall–Kier alpha value is -2.09. The fourth-order valence-corrected chi connectivity index (χ4v) is 3.74. The first kappa shape index (κ1) is 17.7. The highest BCUT2D eigenvalue weighted by Crippen LogP contribution is 2.33. The summed E-state index contributed by atoms with van der Waals surface area (Å²) in [6, 6.07) is 8.92. The lowest BCUT2D eigenvalue weighted by atomic mass is 9.92. The monoisotopic (exact) mass is 362 g/mol. The standard InChI is InChI=1S/C17H14BF3N2OS/c1-3-25(24)14-7-5-4-6-11(14)16-22-13-9-10(17(19,20)21)8-12(18)15(13)23(16)2/h4-9H,3H2,1-2H3. The van der Waals surface area contributed by atoms with Gasteiger partial charge in [-0.3, -0.25) is 4.21 Å². The second kappa shape index (κ2) is 6.33. The third kappa shape index (κ3) is 3.10. The van der Waals surface area contributed by atoms with Crippen LogP contribution in [0.15, 0.2) is 41.3 Å². The van der Waals surface area contributed by atoms with Gasteiger partial charge in [-0.25, -0.2) is 4.98 Å². The molecule has 1 atom stereocenters. The number of halogens is 3. The normalized spacial score (nSPS) is 13.3. The average molecular weight is 362 g/mol. The molecule has 0 aliphatic carbocycles. The van der Waals surface area contributed by atoms with E-state index in [-0.39, 0.29) is 11.0 Å². The molecule has 1 unspecified atom stereocenters. The summed E-state index contributed by atoms with van der Waals surface area (Å²) < 4.78 is 53.0. The molecule has 0 saturated carbocycles. The SMILES string of the molecule is [B]c1cc(C(F)(F)F)cc2nc(-c3ccccc3S(=O)CC)n(C)c12. The molecule has 2 aromatic carbocycles. The summed E-state index contributed by atoms with van der Waals surface area (Å²) in [7, 11) is 6.31. The van der Waals surface area contributed by atoms with Gasteiger partial charge in [0.2, 0.25) is 0 Å². The Kier molecular flexibility index (Phi) is 4.49. The minimum atomic E-state index is -4.50. The molecule has 128 valence electrons. The summed E-state index contributed by atoms with van der Waals surface area (Å²) in [6.45, 7) is 1.80. The molecule has 0 aliphatic heterocycles. The van der Waals surface area contributed by atoms with Crippen molar-refractivity contribution in [3.05, 3.63) is 42.0 Å². The lowest BCUT2D eigenvalue weighted by Crippen LogP contribution is -2.14. The highest BCUT2D eigenvalue weighted by Gasteiger charge is 2.31. The van der Waals surface area contributed by atoms with Crippen molar-refractivity contribution in [2.24, 2.45) is 7.05 Å². The van der Waals surface area contributed by atoms with Crippen molar-refractivity contribution < 1.29 is 17.4 Å². The van der Waals surface area contributed by atoms with Crippen LogP contribution >= 0.6 is 0 Å². The molecule has 0 bridgehead atoms. The van der Waals surface area contributed by atoms with Crippen molar-refractivity contribution in [2.75, 3.05) is 5.75 Å². The number of hydrogen-bond acceptors (Lipinski definition) is 2. The molecule has 0 saturated heterocycles. The number of benzene rings is 2. The molecule has 2 radical (unpaired) electrons. The van der Waals surface area contributed by atoms with Crippen molar-refractivity contribution in [3.8, 4) is 11.4 Å². The molecule has 3 rings (SSSR count). The predicted octanol–water partition coefficient (Wildman–Crippen LogP) is 3.18. The van der Waals surface area contributed by atoms with Gasteiger partial charge in [-0.15, -0.1) is 0 Å². The predicted molar refractivity (Wildman–Crippen MR) is 93.5 cm³/mol. The summed E-state index contributed by atoms with van der Waals surface area (Å²) in [4.78, 5) is 4.94. The zero-order valence-corrected chi connectivity index (χ0v) is 14.4. The van der Waals surface area contributed by atoms with Crippen molar-refractivity contribution >= 4 is 35.1 Å². The summed E-state index contributed by atoms with van der Waals surface area (Å²) in [5.74, 6) is 0.861. The molecule has 0 N–H and O–H groups in total. The van der Waals surface area contributed by atoms with Gasteiger partial charge >= 0.3 is 6.18 Å². The highest BCUT2D eigenvalue weighted by molar-refractivity contribution is 7.85. The van der Waals surface area contributed by atoms with Crippen LogP contribution in [-0.2, 0) is 24.0 Å². The molecule has 3 aromatic rings. The largest absolute Gasteiger partial charge is 0.416 e. The second-order valence-electron chi connectivity index (χ2n) is 5.56. The van der Waals surface area contributed by atoms with Gasteiger partial charge in [0.25, 0.3) is 0 Å². The molecule has 1 aromatic heterocycles. The van der Waals surface area contributed by atoms with Crippen LogP contribution in [0.4, 0.5) is 13.2 Å².